The molecule has 0 saturated carbocycles. The third-order valence-electron chi connectivity index (χ3n) is 12.6. The number of rotatable bonds is 53. The van der Waals surface area contributed by atoms with E-state index in [9.17, 15) is 14.3 Å². The summed E-state index contributed by atoms with van der Waals surface area (Å²) in [5.41, 5.74) is 0. The largest absolute Gasteiger partial charge is 0.472 e. The maximum atomic E-state index is 12.8. The van der Waals surface area contributed by atoms with Crippen molar-refractivity contribution in [3.05, 3.63) is 12.2 Å². The fourth-order valence-electron chi connectivity index (χ4n) is 8.26. The first-order valence-corrected chi connectivity index (χ1v) is 29.4. The van der Waals surface area contributed by atoms with E-state index in [1.54, 1.807) is 0 Å². The van der Waals surface area contributed by atoms with E-state index >= 15 is 0 Å². The first kappa shape index (κ1) is 63.2. The molecule has 1 N–H and O–H groups in total. The predicted octanol–water partition coefficient (Wildman–Crippen LogP) is 17.3. The van der Waals surface area contributed by atoms with E-state index in [0.29, 0.717) is 24.1 Å². The molecule has 0 aromatic carbocycles. The Morgan fingerprint density at radius 3 is 1.19 bits per heavy atom. The van der Waals surface area contributed by atoms with Crippen LogP contribution in [-0.4, -0.2) is 75.6 Å². The summed E-state index contributed by atoms with van der Waals surface area (Å²) in [4.78, 5) is 23.0. The zero-order chi connectivity index (χ0) is 46.9. The fraction of sp³-hybridized carbons (Fsp3) is 0.945. The summed E-state index contributed by atoms with van der Waals surface area (Å²) in [7, 11) is 1.68. The van der Waals surface area contributed by atoms with Crippen LogP contribution in [0, 0.1) is 0 Å². The quantitative estimate of drug-likeness (QED) is 0.0214. The topological polar surface area (TPSA) is 91.3 Å². The van der Waals surface area contributed by atoms with Gasteiger partial charge in [-0.25, -0.2) is 4.57 Å². The van der Waals surface area contributed by atoms with Crippen LogP contribution in [0.4, 0.5) is 0 Å². The number of allylic oxidation sites excluding steroid dienone is 2. The van der Waals surface area contributed by atoms with Gasteiger partial charge in [-0.05, 0) is 38.5 Å². The maximum absolute atomic E-state index is 12.8. The number of unbranched alkanes of at least 4 members (excludes halogenated alkanes) is 37. The fourth-order valence-corrected chi connectivity index (χ4v) is 9.00. The molecule has 0 fully saturated rings. The van der Waals surface area contributed by atoms with Crippen molar-refractivity contribution >= 4 is 13.8 Å². The molecule has 0 spiro atoms. The van der Waals surface area contributed by atoms with Crippen molar-refractivity contribution < 1.29 is 37.3 Å². The monoisotopic (exact) mass is 929 g/mol. The number of carbonyl (C=O) groups excluding carboxylic acids is 1. The van der Waals surface area contributed by atoms with Crippen LogP contribution in [0.5, 0.6) is 0 Å². The molecule has 2 atom stereocenters. The third kappa shape index (κ3) is 52.2. The smallest absolute Gasteiger partial charge is 0.457 e. The summed E-state index contributed by atoms with van der Waals surface area (Å²) in [6, 6.07) is 0. The lowest BCUT2D eigenvalue weighted by molar-refractivity contribution is -0.870. The second kappa shape index (κ2) is 48.7. The van der Waals surface area contributed by atoms with Crippen molar-refractivity contribution in [3.8, 4) is 0 Å². The van der Waals surface area contributed by atoms with Crippen molar-refractivity contribution in [1.29, 1.82) is 0 Å². The number of phosphoric ester groups is 1. The number of likely N-dealkylation sites (N-methyl/N-ethyl adjacent to an activating group) is 1. The Morgan fingerprint density at radius 2 is 0.812 bits per heavy atom. The van der Waals surface area contributed by atoms with Gasteiger partial charge in [0.1, 0.15) is 19.3 Å². The van der Waals surface area contributed by atoms with Gasteiger partial charge in [-0.3, -0.25) is 13.8 Å². The summed E-state index contributed by atoms with van der Waals surface area (Å²) in [6.07, 6.45) is 57.0. The van der Waals surface area contributed by atoms with Gasteiger partial charge in [0.05, 0.1) is 34.4 Å². The summed E-state index contributed by atoms with van der Waals surface area (Å²) >= 11 is 0. The highest BCUT2D eigenvalue weighted by Crippen LogP contribution is 2.43. The molecule has 0 aromatic rings. The molecule has 0 amide bonds. The molecule has 0 aliphatic rings. The molecule has 0 aliphatic heterocycles. The molecule has 0 saturated heterocycles. The second-order valence-electron chi connectivity index (χ2n) is 20.3. The lowest BCUT2D eigenvalue weighted by Crippen LogP contribution is -2.37. The number of hydrogen-bond acceptors (Lipinski definition) is 6. The molecule has 64 heavy (non-hydrogen) atoms. The van der Waals surface area contributed by atoms with Crippen LogP contribution in [-0.2, 0) is 27.9 Å². The SMILES string of the molecule is CCCCCCCCC/C=C\CCCCCCCCCC(=O)OC(COCCCCCCCCCCCCCCCCCCCCCCCCCC)COP(=O)(O)OCC[N+](C)(C)C. The molecular weight excluding hydrogens is 818 g/mol. The van der Waals surface area contributed by atoms with Gasteiger partial charge in [0.2, 0.25) is 0 Å². The molecule has 8 nitrogen and oxygen atoms in total. The molecule has 382 valence electrons. The Morgan fingerprint density at radius 1 is 0.469 bits per heavy atom. The zero-order valence-electron chi connectivity index (χ0n) is 43.6. The highest BCUT2D eigenvalue weighted by molar-refractivity contribution is 7.47. The number of esters is 1. The Hall–Kier alpha value is -0.760. The van der Waals surface area contributed by atoms with E-state index in [4.69, 9.17) is 18.5 Å². The van der Waals surface area contributed by atoms with Crippen molar-refractivity contribution in [2.75, 3.05) is 54.1 Å². The van der Waals surface area contributed by atoms with E-state index in [1.165, 1.54) is 225 Å². The molecule has 0 rings (SSSR count). The minimum absolute atomic E-state index is 0.0915. The van der Waals surface area contributed by atoms with Crippen molar-refractivity contribution in [3.63, 3.8) is 0 Å². The number of phosphoric acid groups is 1. The molecule has 9 heteroatoms. The average molecular weight is 929 g/mol. The normalized spacial score (nSPS) is 13.5. The van der Waals surface area contributed by atoms with Crippen LogP contribution < -0.4 is 0 Å². The van der Waals surface area contributed by atoms with Crippen LogP contribution in [0.25, 0.3) is 0 Å². The molecular formula is C55H111NO7P+. The van der Waals surface area contributed by atoms with E-state index in [0.717, 1.165) is 32.1 Å². The second-order valence-corrected chi connectivity index (χ2v) is 21.8. The van der Waals surface area contributed by atoms with Crippen LogP contribution in [0.2, 0.25) is 0 Å². The summed E-state index contributed by atoms with van der Waals surface area (Å²) in [5, 5.41) is 0. The molecule has 0 aromatic heterocycles. The van der Waals surface area contributed by atoms with E-state index in [1.807, 2.05) is 21.1 Å². The summed E-state index contributed by atoms with van der Waals surface area (Å²) in [6.45, 7) is 5.69. The van der Waals surface area contributed by atoms with E-state index in [2.05, 4.69) is 26.0 Å². The van der Waals surface area contributed by atoms with Gasteiger partial charge in [0, 0.05) is 13.0 Å². The predicted molar refractivity (Wildman–Crippen MR) is 275 cm³/mol. The number of carbonyl (C=O) groups is 1. The Kier molecular flexibility index (Phi) is 48.1. The highest BCUT2D eigenvalue weighted by Gasteiger charge is 2.26. The van der Waals surface area contributed by atoms with Crippen molar-refractivity contribution in [2.45, 2.75) is 283 Å². The standard InChI is InChI=1S/C55H110NO7P/c1-6-8-10-12-14-16-18-20-22-24-26-27-28-29-30-31-33-35-37-39-41-43-45-47-50-60-52-54(53-62-64(58,59)61-51-49-56(3,4)5)63-55(57)48-46-44-42-40-38-36-34-32-25-23-21-19-17-15-13-11-9-7-2/h23,25,54H,6-22,24,26-53H2,1-5H3/p+1/b25-23-. The van der Waals surface area contributed by atoms with Gasteiger partial charge in [-0.2, -0.15) is 0 Å². The van der Waals surface area contributed by atoms with Gasteiger partial charge in [-0.15, -0.1) is 0 Å². The number of hydrogen-bond donors (Lipinski definition) is 1. The third-order valence-corrected chi connectivity index (χ3v) is 13.6. The number of quaternary nitrogens is 1. The lowest BCUT2D eigenvalue weighted by Gasteiger charge is -2.24. The lowest BCUT2D eigenvalue weighted by atomic mass is 10.0. The first-order valence-electron chi connectivity index (χ1n) is 27.9. The highest BCUT2D eigenvalue weighted by atomic mass is 31.2. The van der Waals surface area contributed by atoms with E-state index in [-0.39, 0.29) is 25.8 Å². The van der Waals surface area contributed by atoms with Gasteiger partial charge in [-0.1, -0.05) is 244 Å². The molecule has 0 heterocycles. The number of nitrogens with zero attached hydrogens (tertiary/aromatic N) is 1. The van der Waals surface area contributed by atoms with Crippen LogP contribution in [0.15, 0.2) is 12.2 Å². The van der Waals surface area contributed by atoms with Gasteiger partial charge >= 0.3 is 13.8 Å². The summed E-state index contributed by atoms with van der Waals surface area (Å²) < 4.78 is 35.2. The van der Waals surface area contributed by atoms with Crippen LogP contribution in [0.1, 0.15) is 277 Å². The Bertz CT molecular complexity index is 1030. The summed E-state index contributed by atoms with van der Waals surface area (Å²) in [5.74, 6) is -0.311. The van der Waals surface area contributed by atoms with E-state index < -0.39 is 13.9 Å². The maximum Gasteiger partial charge on any atom is 0.472 e. The number of ether oxygens (including phenoxy) is 2. The van der Waals surface area contributed by atoms with Crippen LogP contribution in [0.3, 0.4) is 0 Å². The molecule has 0 radical (unpaired) electrons. The Balaban J connectivity index is 4.03. The first-order chi connectivity index (χ1) is 31.1. The molecule has 0 bridgehead atoms. The van der Waals surface area contributed by atoms with Crippen molar-refractivity contribution in [2.24, 2.45) is 0 Å². The van der Waals surface area contributed by atoms with Crippen molar-refractivity contribution in [1.82, 2.24) is 0 Å². The molecule has 0 aliphatic carbocycles. The van der Waals surface area contributed by atoms with Crippen LogP contribution >= 0.6 is 7.82 Å². The molecule has 2 unspecified atom stereocenters. The zero-order valence-corrected chi connectivity index (χ0v) is 44.4. The van der Waals surface area contributed by atoms with Gasteiger partial charge < -0.3 is 18.9 Å². The van der Waals surface area contributed by atoms with Gasteiger partial charge in [0.15, 0.2) is 0 Å². The minimum atomic E-state index is -4.28. The Labute approximate surface area is 399 Å². The average Bonchev–Trinajstić information content (AvgIpc) is 3.25. The minimum Gasteiger partial charge on any atom is -0.457 e. The van der Waals surface area contributed by atoms with Gasteiger partial charge in [0.25, 0.3) is 0 Å².